The van der Waals surface area contributed by atoms with Crippen LogP contribution in [0.1, 0.15) is 77.1 Å². The van der Waals surface area contributed by atoms with E-state index in [2.05, 4.69) is 0 Å². The highest BCUT2D eigenvalue weighted by molar-refractivity contribution is 5.90. The third kappa shape index (κ3) is 6.78. The largest absolute Gasteiger partial charge is 0.452 e. The van der Waals surface area contributed by atoms with Crippen molar-refractivity contribution in [2.75, 3.05) is 0 Å². The zero-order valence-electron chi connectivity index (χ0n) is 20.9. The molecule has 2 atom stereocenters. The third-order valence-electron chi connectivity index (χ3n) is 5.96. The van der Waals surface area contributed by atoms with Crippen molar-refractivity contribution in [3.05, 3.63) is 107 Å². The molecule has 0 aromatic heterocycles. The van der Waals surface area contributed by atoms with Gasteiger partial charge in [0.2, 0.25) is 0 Å². The van der Waals surface area contributed by atoms with Gasteiger partial charge in [-0.1, -0.05) is 81.3 Å². The van der Waals surface area contributed by atoms with E-state index in [9.17, 15) is 9.59 Å². The van der Waals surface area contributed by atoms with E-state index in [0.29, 0.717) is 0 Å². The molecule has 4 nitrogen and oxygen atoms in total. The Kier molecular flexibility index (Phi) is 9.34. The number of esters is 2. The van der Waals surface area contributed by atoms with Gasteiger partial charge in [-0.3, -0.25) is 0 Å². The Morgan fingerprint density at radius 3 is 1.61 bits per heavy atom. The monoisotopic (exact) mass is 494 g/mol. The summed E-state index contributed by atoms with van der Waals surface area (Å²) >= 11 is 0. The predicted molar refractivity (Wildman–Crippen MR) is 135 cm³/mol. The van der Waals surface area contributed by atoms with Crippen molar-refractivity contribution in [3.8, 4) is 0 Å². The molecule has 0 radical (unpaired) electrons. The number of alkyl halides is 2. The summed E-state index contributed by atoms with van der Waals surface area (Å²) in [5, 5.41) is 0. The van der Waals surface area contributed by atoms with Crippen LogP contribution in [0.5, 0.6) is 0 Å². The summed E-state index contributed by atoms with van der Waals surface area (Å²) in [7, 11) is 0. The molecule has 0 spiro atoms. The van der Waals surface area contributed by atoms with Crippen molar-refractivity contribution >= 4 is 11.9 Å². The highest BCUT2D eigenvalue weighted by atomic mass is 19.3. The number of carbonyl (C=O) groups is 2. The molecule has 0 saturated heterocycles. The lowest BCUT2D eigenvalue weighted by molar-refractivity contribution is -0.176. The molecule has 0 aliphatic rings. The summed E-state index contributed by atoms with van der Waals surface area (Å²) in [6.07, 6.45) is -0.192. The van der Waals surface area contributed by atoms with Crippen LogP contribution in [-0.4, -0.2) is 24.0 Å². The molecule has 3 rings (SSSR count). The first-order chi connectivity index (χ1) is 17.3. The molecule has 0 aliphatic heterocycles. The lowest BCUT2D eigenvalue weighted by Crippen LogP contribution is -2.42. The Morgan fingerprint density at radius 1 is 0.722 bits per heavy atom. The summed E-state index contributed by atoms with van der Waals surface area (Å²) < 4.78 is 41.9. The lowest BCUT2D eigenvalue weighted by Gasteiger charge is -2.31. The minimum atomic E-state index is -3.70. The molecule has 2 unspecified atom stereocenters. The van der Waals surface area contributed by atoms with Gasteiger partial charge >= 0.3 is 17.9 Å². The van der Waals surface area contributed by atoms with Gasteiger partial charge in [-0.15, -0.1) is 0 Å². The zero-order chi connectivity index (χ0) is 26.1. The Labute approximate surface area is 211 Å². The fourth-order valence-corrected chi connectivity index (χ4v) is 3.88. The Hall–Kier alpha value is -3.54. The number of carbonyl (C=O) groups excluding carboxylic acids is 2. The first kappa shape index (κ1) is 27.1. The van der Waals surface area contributed by atoms with Crippen LogP contribution in [0, 0.1) is 0 Å². The lowest BCUT2D eigenvalue weighted by atomic mass is 9.99. The van der Waals surface area contributed by atoms with E-state index in [1.165, 1.54) is 12.1 Å². The van der Waals surface area contributed by atoms with Gasteiger partial charge in [0.1, 0.15) is 0 Å². The zero-order valence-corrected chi connectivity index (χ0v) is 20.9. The van der Waals surface area contributed by atoms with Crippen molar-refractivity contribution in [1.82, 2.24) is 0 Å². The fraction of sp³-hybridized carbons (Fsp3) is 0.333. The molecular formula is C30H32F2O4. The van der Waals surface area contributed by atoms with E-state index in [0.717, 1.165) is 43.7 Å². The Morgan fingerprint density at radius 2 is 1.17 bits per heavy atom. The molecule has 0 aliphatic carbocycles. The van der Waals surface area contributed by atoms with E-state index in [4.69, 9.17) is 9.47 Å². The van der Waals surface area contributed by atoms with E-state index >= 15 is 8.78 Å². The normalized spacial score (nSPS) is 13.0. The van der Waals surface area contributed by atoms with E-state index in [1.54, 1.807) is 66.7 Å². The van der Waals surface area contributed by atoms with Gasteiger partial charge in [0, 0.05) is 0 Å². The number of halogens is 2. The molecule has 3 aromatic carbocycles. The van der Waals surface area contributed by atoms with Crippen molar-refractivity contribution in [2.24, 2.45) is 0 Å². The molecule has 0 bridgehead atoms. The quantitative estimate of drug-likeness (QED) is 0.261. The number of aryl methyl sites for hydroxylation is 2. The average Bonchev–Trinajstić information content (AvgIpc) is 2.88. The number of hydrogen-bond donors (Lipinski definition) is 0. The molecule has 0 saturated carbocycles. The van der Waals surface area contributed by atoms with Gasteiger partial charge < -0.3 is 9.47 Å². The van der Waals surface area contributed by atoms with Crippen LogP contribution in [0.2, 0.25) is 0 Å². The highest BCUT2D eigenvalue weighted by Gasteiger charge is 2.50. The third-order valence-corrected chi connectivity index (χ3v) is 5.96. The standard InChI is InChI=1S/C30H32F2O4/c1-4-9-22-13-17-25(18-14-22)28(33)35-21(3)30(31,32)27(24-11-7-6-8-12-24)36-29(34)26-19-15-23(10-5-2)16-20-26/h6-8,11-21,27H,4-5,9-10H2,1-3H3. The maximum absolute atomic E-state index is 15.7. The minimum Gasteiger partial charge on any atom is -0.452 e. The Balaban J connectivity index is 1.80. The summed E-state index contributed by atoms with van der Waals surface area (Å²) in [5.41, 5.74) is 2.54. The molecule has 190 valence electrons. The second-order valence-corrected chi connectivity index (χ2v) is 8.81. The first-order valence-electron chi connectivity index (χ1n) is 12.3. The number of hydrogen-bond acceptors (Lipinski definition) is 4. The van der Waals surface area contributed by atoms with Crippen molar-refractivity contribution in [2.45, 2.75) is 64.6 Å². The SMILES string of the molecule is CCCc1ccc(C(=O)OC(C)C(F)(F)C(OC(=O)c2ccc(CCC)cc2)c2ccccc2)cc1. The van der Waals surface area contributed by atoms with Crippen molar-refractivity contribution < 1.29 is 27.8 Å². The second kappa shape index (κ2) is 12.4. The smallest absolute Gasteiger partial charge is 0.338 e. The molecule has 3 aromatic rings. The molecule has 6 heteroatoms. The van der Waals surface area contributed by atoms with Crippen LogP contribution in [0.25, 0.3) is 0 Å². The van der Waals surface area contributed by atoms with Crippen LogP contribution in [0.15, 0.2) is 78.9 Å². The average molecular weight is 495 g/mol. The van der Waals surface area contributed by atoms with E-state index < -0.39 is 30.1 Å². The molecule has 36 heavy (non-hydrogen) atoms. The molecular weight excluding hydrogens is 462 g/mol. The van der Waals surface area contributed by atoms with E-state index in [1.807, 2.05) is 13.8 Å². The summed E-state index contributed by atoms with van der Waals surface area (Å²) in [6, 6.07) is 21.2. The topological polar surface area (TPSA) is 52.6 Å². The maximum Gasteiger partial charge on any atom is 0.338 e. The van der Waals surface area contributed by atoms with Gasteiger partial charge in [0.05, 0.1) is 11.1 Å². The second-order valence-electron chi connectivity index (χ2n) is 8.81. The van der Waals surface area contributed by atoms with Crippen LogP contribution in [0.4, 0.5) is 8.78 Å². The van der Waals surface area contributed by atoms with Crippen LogP contribution in [-0.2, 0) is 22.3 Å². The van der Waals surface area contributed by atoms with Gasteiger partial charge in [0.25, 0.3) is 0 Å². The molecule has 0 N–H and O–H groups in total. The number of ether oxygens (including phenoxy) is 2. The summed E-state index contributed by atoms with van der Waals surface area (Å²) in [5.74, 6) is -5.44. The van der Waals surface area contributed by atoms with Gasteiger partial charge in [-0.2, -0.15) is 8.78 Å². The van der Waals surface area contributed by atoms with Gasteiger partial charge in [0.15, 0.2) is 12.2 Å². The van der Waals surface area contributed by atoms with Crippen molar-refractivity contribution in [1.29, 1.82) is 0 Å². The highest BCUT2D eigenvalue weighted by Crippen LogP contribution is 2.39. The van der Waals surface area contributed by atoms with Gasteiger partial charge in [-0.25, -0.2) is 9.59 Å². The minimum absolute atomic E-state index is 0.102. The van der Waals surface area contributed by atoms with Crippen LogP contribution in [0.3, 0.4) is 0 Å². The molecule has 0 amide bonds. The van der Waals surface area contributed by atoms with Crippen LogP contribution < -0.4 is 0 Å². The Bertz CT molecular complexity index is 1130. The fourth-order valence-electron chi connectivity index (χ4n) is 3.88. The maximum atomic E-state index is 15.7. The summed E-state index contributed by atoms with van der Waals surface area (Å²) in [4.78, 5) is 25.4. The van der Waals surface area contributed by atoms with Gasteiger partial charge in [-0.05, 0) is 60.7 Å². The first-order valence-corrected chi connectivity index (χ1v) is 12.3. The number of benzene rings is 3. The predicted octanol–water partition coefficient (Wildman–Crippen LogP) is 7.37. The van der Waals surface area contributed by atoms with Crippen LogP contribution >= 0.6 is 0 Å². The molecule has 0 heterocycles. The van der Waals surface area contributed by atoms with Crippen molar-refractivity contribution in [3.63, 3.8) is 0 Å². The van der Waals surface area contributed by atoms with E-state index in [-0.39, 0.29) is 16.7 Å². The number of rotatable bonds is 11. The summed E-state index contributed by atoms with van der Waals surface area (Å²) in [6.45, 7) is 5.19. The molecule has 0 fully saturated rings.